The second-order valence-corrected chi connectivity index (χ2v) is 15.9. The molecule has 0 bridgehead atoms. The van der Waals surface area contributed by atoms with E-state index in [1.54, 1.807) is 40.2 Å². The number of carbonyl (C=O) groups excluding carboxylic acids is 8. The number of cyclic esters (lactones) is 2. The molecule has 8 atom stereocenters. The van der Waals surface area contributed by atoms with Gasteiger partial charge in [-0.3, -0.25) is 28.8 Å². The lowest BCUT2D eigenvalue weighted by Crippen LogP contribution is -2.59. The molecule has 6 amide bonds. The number of hydrogen-bond donors (Lipinski definition) is 4. The fraction of sp³-hybridized carbons (Fsp3) is 0.765. The monoisotopic (exact) mass is 804 g/mol. The molecule has 0 aromatic rings. The molecular formula is C34H60N8O10S2. The molecule has 0 aromatic heterocycles. The van der Waals surface area contributed by atoms with Gasteiger partial charge in [0, 0.05) is 39.7 Å². The predicted octanol–water partition coefficient (Wildman–Crippen LogP) is -1.90. The molecule has 1 aliphatic rings. The zero-order valence-electron chi connectivity index (χ0n) is 33.4. The van der Waals surface area contributed by atoms with Crippen molar-refractivity contribution in [2.75, 3.05) is 65.4 Å². The van der Waals surface area contributed by atoms with Crippen LogP contribution in [0.5, 0.6) is 0 Å². The molecule has 0 unspecified atom stereocenters. The molecule has 6 N–H and O–H groups in total. The maximum Gasteiger partial charge on any atom is 0.329 e. The SMILES string of the molecule is CSC[C@H]1C(=O)N(C)[C@@H](C(C)C)C(=O)OC[C@@H](N)C(=O)N[C@@H](C)C(=O)N(C)[C@@H](CSC)C(=O)N(C)[C@@H](C(C)C)C(=O)OC[C@@H](N)C(=O)N[C@@H](C)C(=O)N1C. The molecule has 0 radical (unpaired) electrons. The van der Waals surface area contributed by atoms with E-state index < -0.39 is 121 Å². The first-order chi connectivity index (χ1) is 25.0. The molecule has 0 aliphatic carbocycles. The number of thioether (sulfide) groups is 2. The standard InChI is InChI=1S/C34H60N8O10S2/c1-17(2)25-33(49)51-13-21(35)27(43)37-20(6)30(46)40(8)24(16-54-12)32(48)42(10)26(18(3)4)34(50)52-14-22(36)28(44)38-19(5)29(45)39(7)23(15-53-11)31(47)41(25)9/h17-26H,13-16,35-36H2,1-12H3,(H,37,43)(H,38,44)/t19-,20-,21+,22+,23-,24-,25-,26-/m0/s1. The first-order valence-corrected chi connectivity index (χ1v) is 20.3. The Kier molecular flexibility index (Phi) is 19.8. The summed E-state index contributed by atoms with van der Waals surface area (Å²) in [7, 11) is 5.58. The van der Waals surface area contributed by atoms with Gasteiger partial charge in [-0.05, 0) is 38.2 Å². The minimum Gasteiger partial charge on any atom is -0.462 e. The normalized spacial score (nSPS) is 29.0. The van der Waals surface area contributed by atoms with Crippen LogP contribution in [0.3, 0.4) is 0 Å². The summed E-state index contributed by atoms with van der Waals surface area (Å²) < 4.78 is 10.8. The fourth-order valence-corrected chi connectivity index (χ4v) is 7.22. The Morgan fingerprint density at radius 2 is 0.889 bits per heavy atom. The van der Waals surface area contributed by atoms with Crippen molar-refractivity contribution >= 4 is 70.9 Å². The number of nitrogens with one attached hydrogen (secondary N) is 2. The van der Waals surface area contributed by atoms with Gasteiger partial charge in [0.25, 0.3) is 0 Å². The molecule has 1 saturated heterocycles. The Bertz CT molecular complexity index is 1270. The maximum atomic E-state index is 13.9. The fourth-order valence-electron chi connectivity index (χ4n) is 5.86. The first kappa shape index (κ1) is 48.4. The lowest BCUT2D eigenvalue weighted by Gasteiger charge is -2.36. The van der Waals surface area contributed by atoms with Gasteiger partial charge < -0.3 is 51.2 Å². The van der Waals surface area contributed by atoms with Gasteiger partial charge in [-0.2, -0.15) is 23.5 Å². The van der Waals surface area contributed by atoms with E-state index in [1.165, 1.54) is 85.2 Å². The second kappa shape index (κ2) is 22.1. The van der Waals surface area contributed by atoms with Crippen LogP contribution in [0, 0.1) is 11.8 Å². The molecule has 54 heavy (non-hydrogen) atoms. The van der Waals surface area contributed by atoms with Gasteiger partial charge in [0.15, 0.2) is 0 Å². The zero-order chi connectivity index (χ0) is 41.8. The molecule has 1 fully saturated rings. The van der Waals surface area contributed by atoms with Gasteiger partial charge in [0.2, 0.25) is 35.4 Å². The summed E-state index contributed by atoms with van der Waals surface area (Å²) in [6.07, 6.45) is 3.47. The number of nitrogens with zero attached hydrogens (tertiary/aromatic N) is 4. The van der Waals surface area contributed by atoms with E-state index in [1.807, 2.05) is 0 Å². The van der Waals surface area contributed by atoms with E-state index in [0.717, 1.165) is 0 Å². The molecule has 20 heteroatoms. The summed E-state index contributed by atoms with van der Waals surface area (Å²) in [6.45, 7) is 8.42. The third kappa shape index (κ3) is 12.7. The van der Waals surface area contributed by atoms with E-state index in [0.29, 0.717) is 0 Å². The molecule has 1 rings (SSSR count). The van der Waals surface area contributed by atoms with Crippen LogP contribution in [-0.2, 0) is 47.8 Å². The van der Waals surface area contributed by atoms with Crippen molar-refractivity contribution < 1.29 is 47.8 Å². The lowest BCUT2D eigenvalue weighted by molar-refractivity contribution is -0.160. The highest BCUT2D eigenvalue weighted by Crippen LogP contribution is 2.19. The summed E-state index contributed by atoms with van der Waals surface area (Å²) >= 11 is 2.56. The Morgan fingerprint density at radius 1 is 0.593 bits per heavy atom. The molecule has 0 saturated carbocycles. The summed E-state index contributed by atoms with van der Waals surface area (Å²) in [5.41, 5.74) is 12.1. The van der Waals surface area contributed by atoms with Crippen LogP contribution in [-0.4, -0.2) is 181 Å². The van der Waals surface area contributed by atoms with E-state index >= 15 is 0 Å². The van der Waals surface area contributed by atoms with Crippen LogP contribution in [0.15, 0.2) is 0 Å². The van der Waals surface area contributed by atoms with E-state index in [9.17, 15) is 38.4 Å². The van der Waals surface area contributed by atoms with Gasteiger partial charge in [0.1, 0.15) is 61.5 Å². The summed E-state index contributed by atoms with van der Waals surface area (Å²) in [6, 6.07) is -9.51. The number of amides is 6. The van der Waals surface area contributed by atoms with Gasteiger partial charge in [-0.15, -0.1) is 0 Å². The quantitative estimate of drug-likeness (QED) is 0.215. The summed E-state index contributed by atoms with van der Waals surface area (Å²) in [5, 5.41) is 5.00. The van der Waals surface area contributed by atoms with E-state index in [-0.39, 0.29) is 11.5 Å². The lowest BCUT2D eigenvalue weighted by atomic mass is 10.0. The number of nitrogens with two attached hydrogens (primary N) is 2. The van der Waals surface area contributed by atoms with Crippen LogP contribution < -0.4 is 22.1 Å². The highest BCUT2D eigenvalue weighted by Gasteiger charge is 2.40. The molecule has 308 valence electrons. The Labute approximate surface area is 326 Å². The number of ether oxygens (including phenoxy) is 2. The Hall–Kier alpha value is -3.62. The van der Waals surface area contributed by atoms with Crippen LogP contribution in [0.2, 0.25) is 0 Å². The number of hydrogen-bond acceptors (Lipinski definition) is 14. The minimum atomic E-state index is -1.40. The minimum absolute atomic E-state index is 0.143. The summed E-state index contributed by atoms with van der Waals surface area (Å²) in [5.74, 6) is -6.38. The smallest absolute Gasteiger partial charge is 0.329 e. The average Bonchev–Trinajstić information content (AvgIpc) is 3.11. The van der Waals surface area contributed by atoms with Crippen molar-refractivity contribution in [3.63, 3.8) is 0 Å². The Balaban J connectivity index is 3.62. The van der Waals surface area contributed by atoms with Gasteiger partial charge in [-0.1, -0.05) is 27.7 Å². The molecule has 0 aromatic carbocycles. The van der Waals surface area contributed by atoms with E-state index in [4.69, 9.17) is 20.9 Å². The average molecular weight is 805 g/mol. The molecule has 1 heterocycles. The maximum absolute atomic E-state index is 13.9. The third-order valence-electron chi connectivity index (χ3n) is 9.07. The largest absolute Gasteiger partial charge is 0.462 e. The topological polar surface area (TPSA) is 244 Å². The van der Waals surface area contributed by atoms with Gasteiger partial charge in [0.05, 0.1) is 0 Å². The second-order valence-electron chi connectivity index (χ2n) is 14.1. The number of rotatable bonds is 6. The van der Waals surface area contributed by atoms with Crippen LogP contribution in [0.1, 0.15) is 41.5 Å². The molecule has 0 spiro atoms. The predicted molar refractivity (Wildman–Crippen MR) is 206 cm³/mol. The van der Waals surface area contributed by atoms with Crippen LogP contribution in [0.25, 0.3) is 0 Å². The van der Waals surface area contributed by atoms with E-state index in [2.05, 4.69) is 10.6 Å². The van der Waals surface area contributed by atoms with Crippen molar-refractivity contribution in [1.82, 2.24) is 30.2 Å². The Morgan fingerprint density at radius 3 is 1.15 bits per heavy atom. The third-order valence-corrected chi connectivity index (χ3v) is 10.4. The number of likely N-dealkylation sites (N-methyl/N-ethyl adjacent to an activating group) is 4. The highest BCUT2D eigenvalue weighted by atomic mass is 32.2. The van der Waals surface area contributed by atoms with Gasteiger partial charge in [-0.25, -0.2) is 9.59 Å². The van der Waals surface area contributed by atoms with Gasteiger partial charge >= 0.3 is 11.9 Å². The number of carbonyl (C=O) groups is 8. The van der Waals surface area contributed by atoms with Crippen molar-refractivity contribution in [2.45, 2.75) is 89.9 Å². The zero-order valence-corrected chi connectivity index (χ0v) is 35.1. The van der Waals surface area contributed by atoms with Crippen LogP contribution in [0.4, 0.5) is 0 Å². The number of esters is 2. The molecule has 1 aliphatic heterocycles. The highest BCUT2D eigenvalue weighted by molar-refractivity contribution is 7.98. The van der Waals surface area contributed by atoms with Crippen molar-refractivity contribution in [3.05, 3.63) is 0 Å². The molecule has 18 nitrogen and oxygen atoms in total. The van der Waals surface area contributed by atoms with Crippen LogP contribution >= 0.6 is 23.5 Å². The van der Waals surface area contributed by atoms with Crippen molar-refractivity contribution in [1.29, 1.82) is 0 Å². The first-order valence-electron chi connectivity index (χ1n) is 17.5. The van der Waals surface area contributed by atoms with Crippen molar-refractivity contribution in [3.8, 4) is 0 Å². The van der Waals surface area contributed by atoms with Crippen molar-refractivity contribution in [2.24, 2.45) is 23.3 Å². The molecular weight excluding hydrogens is 745 g/mol. The summed E-state index contributed by atoms with van der Waals surface area (Å²) in [4.78, 5) is 112.